The first-order valence-electron chi connectivity index (χ1n) is 8.71. The van der Waals surface area contributed by atoms with E-state index in [1.54, 1.807) is 0 Å². The highest BCUT2D eigenvalue weighted by molar-refractivity contribution is 5.74. The number of fused-ring (bicyclic) bond motifs is 1. The molecular formula is C20H24N2O3. The van der Waals surface area contributed by atoms with Gasteiger partial charge in [0, 0.05) is 12.6 Å². The molecule has 1 atom stereocenters. The van der Waals surface area contributed by atoms with E-state index in [0.29, 0.717) is 6.54 Å². The van der Waals surface area contributed by atoms with E-state index in [-0.39, 0.29) is 18.9 Å². The molecule has 25 heavy (non-hydrogen) atoms. The van der Waals surface area contributed by atoms with Crippen molar-refractivity contribution in [2.75, 3.05) is 13.3 Å². The lowest BCUT2D eigenvalue weighted by Crippen LogP contribution is -2.44. The van der Waals surface area contributed by atoms with Crippen LogP contribution in [0.1, 0.15) is 24.5 Å². The minimum atomic E-state index is -0.122. The molecule has 2 amide bonds. The Bertz CT molecular complexity index is 703. The lowest BCUT2D eigenvalue weighted by molar-refractivity contribution is 0.174. The van der Waals surface area contributed by atoms with Crippen LogP contribution in [0, 0.1) is 0 Å². The van der Waals surface area contributed by atoms with Gasteiger partial charge in [-0.1, -0.05) is 43.3 Å². The minimum Gasteiger partial charge on any atom is -0.454 e. The predicted molar refractivity (Wildman–Crippen MR) is 97.0 cm³/mol. The first-order chi connectivity index (χ1) is 12.2. The zero-order chi connectivity index (χ0) is 17.5. The summed E-state index contributed by atoms with van der Waals surface area (Å²) in [6, 6.07) is 16.0. The average molecular weight is 340 g/mol. The molecule has 0 aliphatic carbocycles. The molecule has 132 valence electrons. The number of nitrogens with one attached hydrogen (secondary N) is 2. The molecule has 0 fully saturated rings. The standard InChI is InChI=1S/C20H24N2O3/c1-2-10-21-20(23)22-17(11-15-6-4-3-5-7-15)12-16-8-9-18-19(13-16)25-14-24-18/h3-9,13,17H,2,10-12,14H2,1H3,(H2,21,22,23)/t17-/m1/s1. The third kappa shape index (κ3) is 4.89. The molecule has 0 unspecified atom stereocenters. The number of carbonyl (C=O) groups excluding carboxylic acids is 1. The van der Waals surface area contributed by atoms with Crippen molar-refractivity contribution in [3.8, 4) is 11.5 Å². The maximum Gasteiger partial charge on any atom is 0.315 e. The highest BCUT2D eigenvalue weighted by atomic mass is 16.7. The number of urea groups is 1. The van der Waals surface area contributed by atoms with E-state index in [2.05, 4.69) is 22.8 Å². The van der Waals surface area contributed by atoms with Gasteiger partial charge in [0.1, 0.15) is 0 Å². The van der Waals surface area contributed by atoms with Crippen molar-refractivity contribution < 1.29 is 14.3 Å². The van der Waals surface area contributed by atoms with Crippen molar-refractivity contribution in [2.45, 2.75) is 32.2 Å². The van der Waals surface area contributed by atoms with Crippen LogP contribution in [0.5, 0.6) is 11.5 Å². The molecule has 1 aliphatic rings. The van der Waals surface area contributed by atoms with E-state index in [1.807, 2.05) is 43.3 Å². The van der Waals surface area contributed by atoms with Crippen molar-refractivity contribution >= 4 is 6.03 Å². The van der Waals surface area contributed by atoms with Crippen LogP contribution < -0.4 is 20.1 Å². The maximum atomic E-state index is 12.1. The van der Waals surface area contributed by atoms with Gasteiger partial charge in [-0.05, 0) is 42.5 Å². The summed E-state index contributed by atoms with van der Waals surface area (Å²) in [6.07, 6.45) is 2.42. The van der Waals surface area contributed by atoms with Crippen LogP contribution in [0.4, 0.5) is 4.79 Å². The number of amides is 2. The number of ether oxygens (including phenoxy) is 2. The number of rotatable bonds is 7. The molecule has 0 bridgehead atoms. The molecular weight excluding hydrogens is 316 g/mol. The van der Waals surface area contributed by atoms with E-state index in [9.17, 15) is 4.79 Å². The van der Waals surface area contributed by atoms with Crippen molar-refractivity contribution in [3.05, 3.63) is 59.7 Å². The second-order valence-electron chi connectivity index (χ2n) is 6.18. The van der Waals surface area contributed by atoms with E-state index in [1.165, 1.54) is 5.56 Å². The van der Waals surface area contributed by atoms with Crippen LogP contribution in [-0.2, 0) is 12.8 Å². The van der Waals surface area contributed by atoms with Crippen LogP contribution in [0.3, 0.4) is 0 Å². The van der Waals surface area contributed by atoms with Crippen molar-refractivity contribution in [3.63, 3.8) is 0 Å². The Balaban J connectivity index is 1.69. The molecule has 2 aromatic carbocycles. The quantitative estimate of drug-likeness (QED) is 0.813. The molecule has 0 saturated heterocycles. The molecule has 3 rings (SSSR count). The molecule has 0 radical (unpaired) electrons. The van der Waals surface area contributed by atoms with Crippen LogP contribution in [0.2, 0.25) is 0 Å². The highest BCUT2D eigenvalue weighted by Crippen LogP contribution is 2.32. The molecule has 0 aromatic heterocycles. The summed E-state index contributed by atoms with van der Waals surface area (Å²) in [5, 5.41) is 5.98. The molecule has 5 nitrogen and oxygen atoms in total. The summed E-state index contributed by atoms with van der Waals surface area (Å²) in [6.45, 7) is 2.98. The summed E-state index contributed by atoms with van der Waals surface area (Å²) < 4.78 is 10.8. The normalized spacial score (nSPS) is 13.3. The third-order valence-electron chi connectivity index (χ3n) is 4.11. The number of hydrogen-bond acceptors (Lipinski definition) is 3. The monoisotopic (exact) mass is 340 g/mol. The largest absolute Gasteiger partial charge is 0.454 e. The Hall–Kier alpha value is -2.69. The smallest absolute Gasteiger partial charge is 0.315 e. The first kappa shape index (κ1) is 17.1. The van der Waals surface area contributed by atoms with Crippen LogP contribution in [-0.4, -0.2) is 25.4 Å². The van der Waals surface area contributed by atoms with Crippen LogP contribution >= 0.6 is 0 Å². The number of benzene rings is 2. The predicted octanol–water partition coefficient (Wildman–Crippen LogP) is 3.28. The molecule has 0 spiro atoms. The van der Waals surface area contributed by atoms with Gasteiger partial charge in [0.15, 0.2) is 11.5 Å². The van der Waals surface area contributed by atoms with Gasteiger partial charge >= 0.3 is 6.03 Å². The number of hydrogen-bond donors (Lipinski definition) is 2. The zero-order valence-electron chi connectivity index (χ0n) is 14.5. The molecule has 1 aliphatic heterocycles. The van der Waals surface area contributed by atoms with E-state index < -0.39 is 0 Å². The molecule has 1 heterocycles. The molecule has 2 aromatic rings. The molecule has 0 saturated carbocycles. The minimum absolute atomic E-state index is 0.000345. The van der Waals surface area contributed by atoms with Crippen LogP contribution in [0.25, 0.3) is 0 Å². The first-order valence-corrected chi connectivity index (χ1v) is 8.71. The fraction of sp³-hybridized carbons (Fsp3) is 0.350. The van der Waals surface area contributed by atoms with E-state index in [0.717, 1.165) is 36.3 Å². The second-order valence-corrected chi connectivity index (χ2v) is 6.18. The van der Waals surface area contributed by atoms with Gasteiger partial charge in [-0.15, -0.1) is 0 Å². The van der Waals surface area contributed by atoms with Crippen LogP contribution in [0.15, 0.2) is 48.5 Å². The van der Waals surface area contributed by atoms with E-state index >= 15 is 0 Å². The Morgan fingerprint density at radius 3 is 2.60 bits per heavy atom. The summed E-state index contributed by atoms with van der Waals surface area (Å²) in [4.78, 5) is 12.1. The number of carbonyl (C=O) groups is 1. The van der Waals surface area contributed by atoms with Gasteiger partial charge < -0.3 is 20.1 Å². The van der Waals surface area contributed by atoms with Gasteiger partial charge in [0.2, 0.25) is 6.79 Å². The second kappa shape index (κ2) is 8.42. The SMILES string of the molecule is CCCNC(=O)N[C@H](Cc1ccccc1)Cc1ccc2c(c1)OCO2. The fourth-order valence-electron chi connectivity index (χ4n) is 2.90. The van der Waals surface area contributed by atoms with Gasteiger partial charge in [0.05, 0.1) is 0 Å². The van der Waals surface area contributed by atoms with Gasteiger partial charge in [-0.3, -0.25) is 0 Å². The third-order valence-corrected chi connectivity index (χ3v) is 4.11. The topological polar surface area (TPSA) is 59.6 Å². The lowest BCUT2D eigenvalue weighted by Gasteiger charge is -2.20. The summed E-state index contributed by atoms with van der Waals surface area (Å²) in [7, 11) is 0. The average Bonchev–Trinajstić information content (AvgIpc) is 3.08. The van der Waals surface area contributed by atoms with E-state index in [4.69, 9.17) is 9.47 Å². The molecule has 2 N–H and O–H groups in total. The molecule has 5 heteroatoms. The highest BCUT2D eigenvalue weighted by Gasteiger charge is 2.17. The van der Waals surface area contributed by atoms with Gasteiger partial charge in [-0.2, -0.15) is 0 Å². The van der Waals surface area contributed by atoms with Crippen molar-refractivity contribution in [1.82, 2.24) is 10.6 Å². The Kier molecular flexibility index (Phi) is 5.77. The zero-order valence-corrected chi connectivity index (χ0v) is 14.5. The Labute approximate surface area is 148 Å². The van der Waals surface area contributed by atoms with Gasteiger partial charge in [-0.25, -0.2) is 4.79 Å². The summed E-state index contributed by atoms with van der Waals surface area (Å²) in [5.74, 6) is 1.54. The fourth-order valence-corrected chi connectivity index (χ4v) is 2.90. The Morgan fingerprint density at radius 2 is 1.80 bits per heavy atom. The van der Waals surface area contributed by atoms with Crippen molar-refractivity contribution in [2.24, 2.45) is 0 Å². The van der Waals surface area contributed by atoms with Gasteiger partial charge in [0.25, 0.3) is 0 Å². The maximum absolute atomic E-state index is 12.1. The summed E-state index contributed by atoms with van der Waals surface area (Å²) in [5.41, 5.74) is 2.31. The summed E-state index contributed by atoms with van der Waals surface area (Å²) >= 11 is 0. The Morgan fingerprint density at radius 1 is 1.04 bits per heavy atom. The van der Waals surface area contributed by atoms with Crippen molar-refractivity contribution in [1.29, 1.82) is 0 Å². The lowest BCUT2D eigenvalue weighted by atomic mass is 9.99.